The van der Waals surface area contributed by atoms with Crippen LogP contribution in [0.15, 0.2) is 61.1 Å². The van der Waals surface area contributed by atoms with E-state index in [1.165, 1.54) is 0 Å². The van der Waals surface area contributed by atoms with Crippen molar-refractivity contribution in [1.82, 2.24) is 20.2 Å². The van der Waals surface area contributed by atoms with Crippen molar-refractivity contribution in [2.24, 2.45) is 0 Å². The molecule has 94 valence electrons. The Labute approximate surface area is 115 Å². The Balaban J connectivity index is 2.01. The minimum Gasteiger partial charge on any atom is -0.237 e. The minimum absolute atomic E-state index is 0.740. The largest absolute Gasteiger partial charge is 0.237 e. The fourth-order valence-electron chi connectivity index (χ4n) is 2.34. The van der Waals surface area contributed by atoms with E-state index in [1.54, 1.807) is 18.6 Å². The van der Waals surface area contributed by atoms with E-state index < -0.39 is 0 Å². The average Bonchev–Trinajstić information content (AvgIpc) is 2.54. The molecule has 20 heavy (non-hydrogen) atoms. The lowest BCUT2D eigenvalue weighted by molar-refractivity contribution is 1.05. The molecule has 4 aromatic rings. The second-order valence-corrected chi connectivity index (χ2v) is 4.55. The van der Waals surface area contributed by atoms with Gasteiger partial charge in [-0.2, -0.15) is 5.10 Å². The van der Waals surface area contributed by atoms with E-state index in [0.717, 1.165) is 33.1 Å². The van der Waals surface area contributed by atoms with Gasteiger partial charge in [-0.05, 0) is 18.2 Å². The van der Waals surface area contributed by atoms with Crippen molar-refractivity contribution < 1.29 is 0 Å². The van der Waals surface area contributed by atoms with Gasteiger partial charge in [-0.15, -0.1) is 5.10 Å². The fourth-order valence-corrected chi connectivity index (χ4v) is 2.34. The van der Waals surface area contributed by atoms with Crippen LogP contribution >= 0.6 is 0 Å². The van der Waals surface area contributed by atoms with Crippen LogP contribution in [0.3, 0.4) is 0 Å². The highest BCUT2D eigenvalue weighted by Gasteiger charge is 2.07. The molecule has 3 heterocycles. The molecule has 0 saturated carbocycles. The highest BCUT2D eigenvalue weighted by Crippen LogP contribution is 2.26. The lowest BCUT2D eigenvalue weighted by atomic mass is 10.1. The Morgan fingerprint density at radius 3 is 2.70 bits per heavy atom. The summed E-state index contributed by atoms with van der Waals surface area (Å²) in [6.45, 7) is 0. The number of aromatic nitrogens is 4. The zero-order valence-electron chi connectivity index (χ0n) is 10.6. The predicted octanol–water partition coefficient (Wildman–Crippen LogP) is 3.24. The highest BCUT2D eigenvalue weighted by molar-refractivity contribution is 5.95. The molecule has 0 bridgehead atoms. The summed E-state index contributed by atoms with van der Waals surface area (Å²) in [4.78, 5) is 8.62. The summed E-state index contributed by atoms with van der Waals surface area (Å²) in [5, 5.41) is 11.5. The summed E-state index contributed by atoms with van der Waals surface area (Å²) >= 11 is 0. The molecule has 0 spiro atoms. The number of nitrogens with zero attached hydrogens (tertiary/aromatic N) is 4. The SMILES string of the molecule is c1cnc2ncc(-c3nncc4ccccc34)cc2c1. The lowest BCUT2D eigenvalue weighted by Crippen LogP contribution is -1.91. The quantitative estimate of drug-likeness (QED) is 0.526. The molecule has 0 atom stereocenters. The van der Waals surface area contributed by atoms with Gasteiger partial charge in [-0.1, -0.05) is 24.3 Å². The Kier molecular flexibility index (Phi) is 2.39. The molecular formula is C16H10N4. The minimum atomic E-state index is 0.740. The van der Waals surface area contributed by atoms with Crippen molar-refractivity contribution in [2.45, 2.75) is 0 Å². The average molecular weight is 258 g/mol. The van der Waals surface area contributed by atoms with Crippen LogP contribution in [-0.4, -0.2) is 20.2 Å². The van der Waals surface area contributed by atoms with Gasteiger partial charge in [0.2, 0.25) is 0 Å². The van der Waals surface area contributed by atoms with E-state index >= 15 is 0 Å². The second-order valence-electron chi connectivity index (χ2n) is 4.55. The first-order valence-corrected chi connectivity index (χ1v) is 6.33. The zero-order valence-corrected chi connectivity index (χ0v) is 10.6. The number of hydrogen-bond donors (Lipinski definition) is 0. The van der Waals surface area contributed by atoms with Crippen molar-refractivity contribution in [3.8, 4) is 11.3 Å². The maximum absolute atomic E-state index is 4.39. The van der Waals surface area contributed by atoms with Gasteiger partial charge in [0.25, 0.3) is 0 Å². The predicted molar refractivity (Wildman–Crippen MR) is 78.1 cm³/mol. The third-order valence-electron chi connectivity index (χ3n) is 3.30. The molecule has 0 amide bonds. The van der Waals surface area contributed by atoms with Gasteiger partial charge >= 0.3 is 0 Å². The summed E-state index contributed by atoms with van der Waals surface area (Å²) < 4.78 is 0. The maximum atomic E-state index is 4.39. The molecule has 0 unspecified atom stereocenters. The van der Waals surface area contributed by atoms with Crippen LogP contribution in [0.4, 0.5) is 0 Å². The normalized spacial score (nSPS) is 11.0. The molecule has 4 heteroatoms. The van der Waals surface area contributed by atoms with Gasteiger partial charge < -0.3 is 0 Å². The van der Waals surface area contributed by atoms with Gasteiger partial charge in [0.1, 0.15) is 5.69 Å². The molecule has 0 radical (unpaired) electrons. The first-order valence-electron chi connectivity index (χ1n) is 6.33. The molecule has 4 rings (SSSR count). The Bertz CT molecular complexity index is 913. The summed E-state index contributed by atoms with van der Waals surface area (Å²) in [5.41, 5.74) is 2.54. The van der Waals surface area contributed by atoms with Gasteiger partial charge in [-0.25, -0.2) is 9.97 Å². The summed E-state index contributed by atoms with van der Waals surface area (Å²) in [7, 11) is 0. The number of rotatable bonds is 1. The van der Waals surface area contributed by atoms with E-state index in [9.17, 15) is 0 Å². The van der Waals surface area contributed by atoms with Crippen LogP contribution in [0, 0.1) is 0 Å². The smallest absolute Gasteiger partial charge is 0.159 e. The molecule has 0 saturated heterocycles. The number of hydrogen-bond acceptors (Lipinski definition) is 4. The maximum Gasteiger partial charge on any atom is 0.159 e. The Hall–Kier alpha value is -2.88. The van der Waals surface area contributed by atoms with E-state index in [4.69, 9.17) is 0 Å². The highest BCUT2D eigenvalue weighted by atomic mass is 15.1. The summed E-state index contributed by atoms with van der Waals surface area (Å²) in [5.74, 6) is 0. The first kappa shape index (κ1) is 11.0. The van der Waals surface area contributed by atoms with E-state index in [0.29, 0.717) is 0 Å². The summed E-state index contributed by atoms with van der Waals surface area (Å²) in [6, 6.07) is 14.0. The van der Waals surface area contributed by atoms with Crippen LogP contribution in [0.1, 0.15) is 0 Å². The van der Waals surface area contributed by atoms with E-state index in [2.05, 4.69) is 20.2 Å². The Morgan fingerprint density at radius 2 is 1.70 bits per heavy atom. The molecule has 0 fully saturated rings. The molecule has 3 aromatic heterocycles. The van der Waals surface area contributed by atoms with Gasteiger partial charge in [0.15, 0.2) is 5.65 Å². The number of fused-ring (bicyclic) bond motifs is 2. The van der Waals surface area contributed by atoms with Gasteiger partial charge in [0, 0.05) is 34.1 Å². The lowest BCUT2D eigenvalue weighted by Gasteiger charge is -2.05. The van der Waals surface area contributed by atoms with Crippen LogP contribution in [-0.2, 0) is 0 Å². The third-order valence-corrected chi connectivity index (χ3v) is 3.30. The first-order chi connectivity index (χ1) is 9.92. The van der Waals surface area contributed by atoms with Crippen molar-refractivity contribution >= 4 is 21.8 Å². The van der Waals surface area contributed by atoms with Crippen molar-refractivity contribution in [3.63, 3.8) is 0 Å². The van der Waals surface area contributed by atoms with E-state index in [1.807, 2.05) is 42.5 Å². The second kappa shape index (κ2) is 4.35. The van der Waals surface area contributed by atoms with Crippen LogP contribution in [0.5, 0.6) is 0 Å². The zero-order chi connectivity index (χ0) is 13.4. The van der Waals surface area contributed by atoms with Crippen LogP contribution < -0.4 is 0 Å². The van der Waals surface area contributed by atoms with E-state index in [-0.39, 0.29) is 0 Å². The van der Waals surface area contributed by atoms with Crippen LogP contribution in [0.2, 0.25) is 0 Å². The molecule has 0 aliphatic rings. The molecule has 0 aliphatic carbocycles. The molecule has 1 aromatic carbocycles. The third kappa shape index (κ3) is 1.70. The van der Waals surface area contributed by atoms with Crippen molar-refractivity contribution in [2.75, 3.05) is 0 Å². The van der Waals surface area contributed by atoms with Crippen molar-refractivity contribution in [1.29, 1.82) is 0 Å². The number of pyridine rings is 2. The standard InChI is InChI=1S/C16H10N4/c1-2-6-14-12(4-1)10-19-20-15(14)13-8-11-5-3-7-17-16(11)18-9-13/h1-10H. The molecular weight excluding hydrogens is 248 g/mol. The molecule has 0 aliphatic heterocycles. The molecule has 0 N–H and O–H groups in total. The van der Waals surface area contributed by atoms with Gasteiger partial charge in [0.05, 0.1) is 6.20 Å². The topological polar surface area (TPSA) is 51.6 Å². The Morgan fingerprint density at radius 1 is 0.800 bits per heavy atom. The summed E-state index contributed by atoms with van der Waals surface area (Å²) in [6.07, 6.45) is 5.31. The molecule has 4 nitrogen and oxygen atoms in total. The monoisotopic (exact) mass is 258 g/mol. The van der Waals surface area contributed by atoms with Crippen molar-refractivity contribution in [3.05, 3.63) is 61.1 Å². The van der Waals surface area contributed by atoms with Gasteiger partial charge in [-0.3, -0.25) is 0 Å². The van der Waals surface area contributed by atoms with Crippen LogP contribution in [0.25, 0.3) is 33.1 Å². The number of benzene rings is 1. The fraction of sp³-hybridized carbons (Fsp3) is 0.